The number of hydrogen-bond acceptors (Lipinski definition) is 5. The van der Waals surface area contributed by atoms with Crippen LogP contribution in [-0.4, -0.2) is 34.6 Å². The summed E-state index contributed by atoms with van der Waals surface area (Å²) in [6, 6.07) is 6.08. The number of ether oxygens (including phenoxy) is 1. The van der Waals surface area contributed by atoms with Crippen LogP contribution < -0.4 is 10.5 Å². The van der Waals surface area contributed by atoms with Crippen LogP contribution in [-0.2, 0) is 19.6 Å². The highest BCUT2D eigenvalue weighted by molar-refractivity contribution is 7.89. The molecule has 1 aromatic carbocycles. The molecule has 1 aromatic rings. The summed E-state index contributed by atoms with van der Waals surface area (Å²) in [7, 11) is -2.38. The van der Waals surface area contributed by atoms with Gasteiger partial charge < -0.3 is 10.5 Å². The van der Waals surface area contributed by atoms with E-state index in [2.05, 4.69) is 21.3 Å². The molecule has 0 spiro atoms. The minimum Gasteiger partial charge on any atom is -0.469 e. The number of benzene rings is 1. The maximum absolute atomic E-state index is 11.9. The van der Waals surface area contributed by atoms with Crippen molar-refractivity contribution in [3.63, 3.8) is 0 Å². The Morgan fingerprint density at radius 2 is 2.00 bits per heavy atom. The Balaban J connectivity index is 2.70. The molecule has 0 aliphatic rings. The number of carbonyl (C=O) groups excluding carboxylic acids is 1. The summed E-state index contributed by atoms with van der Waals surface area (Å²) >= 11 is 0. The second kappa shape index (κ2) is 7.65. The number of nitrogens with two attached hydrogens (primary N) is 1. The van der Waals surface area contributed by atoms with Gasteiger partial charge in [-0.2, -0.15) is 0 Å². The molecule has 0 unspecified atom stereocenters. The minimum absolute atomic E-state index is 0.0102. The Morgan fingerprint density at radius 3 is 2.55 bits per heavy atom. The minimum atomic E-state index is -3.63. The molecular weight excluding hydrogens is 280 g/mol. The van der Waals surface area contributed by atoms with Crippen molar-refractivity contribution in [2.45, 2.75) is 11.3 Å². The molecule has 7 heteroatoms. The maximum atomic E-state index is 11.9. The van der Waals surface area contributed by atoms with Crippen LogP contribution in [0.5, 0.6) is 0 Å². The van der Waals surface area contributed by atoms with Crippen LogP contribution >= 0.6 is 0 Å². The summed E-state index contributed by atoms with van der Waals surface area (Å²) in [5, 5.41) is 0. The Kier molecular flexibility index (Phi) is 6.18. The van der Waals surface area contributed by atoms with E-state index in [9.17, 15) is 13.2 Å². The van der Waals surface area contributed by atoms with Crippen molar-refractivity contribution in [2.75, 3.05) is 20.2 Å². The van der Waals surface area contributed by atoms with Gasteiger partial charge in [-0.1, -0.05) is 11.8 Å². The van der Waals surface area contributed by atoms with E-state index >= 15 is 0 Å². The second-order valence-corrected chi connectivity index (χ2v) is 5.52. The van der Waals surface area contributed by atoms with Crippen LogP contribution in [0.15, 0.2) is 29.2 Å². The van der Waals surface area contributed by atoms with Gasteiger partial charge in [0.15, 0.2) is 0 Å². The molecule has 1 rings (SSSR count). The lowest BCUT2D eigenvalue weighted by atomic mass is 10.2. The fraction of sp³-hybridized carbons (Fsp3) is 0.308. The molecule has 0 heterocycles. The number of esters is 1. The number of methoxy groups -OCH3 is 1. The first-order valence-corrected chi connectivity index (χ1v) is 7.33. The average Bonchev–Trinajstić information content (AvgIpc) is 2.45. The van der Waals surface area contributed by atoms with Crippen LogP contribution in [0.4, 0.5) is 0 Å². The van der Waals surface area contributed by atoms with Gasteiger partial charge in [0.2, 0.25) is 10.0 Å². The molecular formula is C13H16N2O4S. The van der Waals surface area contributed by atoms with Gasteiger partial charge in [0.25, 0.3) is 0 Å². The van der Waals surface area contributed by atoms with E-state index in [0.717, 1.165) is 0 Å². The van der Waals surface area contributed by atoms with E-state index in [1.54, 1.807) is 12.1 Å². The van der Waals surface area contributed by atoms with Gasteiger partial charge in [-0.25, -0.2) is 13.1 Å². The highest BCUT2D eigenvalue weighted by Gasteiger charge is 2.13. The zero-order valence-electron chi connectivity index (χ0n) is 11.0. The van der Waals surface area contributed by atoms with Crippen LogP contribution in [0.25, 0.3) is 0 Å². The Morgan fingerprint density at radius 1 is 1.35 bits per heavy atom. The standard InChI is InChI=1S/C13H16N2O4S/c1-19-13(16)8-10-15-20(17,18)12-6-4-11(5-7-12)3-2-9-14/h4-7,15H,8-10,14H2,1H3. The molecule has 0 fully saturated rings. The van der Waals surface area contributed by atoms with Gasteiger partial charge in [0.1, 0.15) is 0 Å². The molecule has 20 heavy (non-hydrogen) atoms. The highest BCUT2D eigenvalue weighted by Crippen LogP contribution is 2.09. The van der Waals surface area contributed by atoms with Gasteiger partial charge in [0, 0.05) is 12.1 Å². The first-order valence-electron chi connectivity index (χ1n) is 5.85. The number of nitrogens with one attached hydrogen (secondary N) is 1. The molecule has 0 atom stereocenters. The zero-order valence-corrected chi connectivity index (χ0v) is 11.9. The van der Waals surface area contributed by atoms with Gasteiger partial charge in [0.05, 0.1) is 25.0 Å². The van der Waals surface area contributed by atoms with Crippen molar-refractivity contribution in [3.8, 4) is 11.8 Å². The third-order valence-electron chi connectivity index (χ3n) is 2.35. The van der Waals surface area contributed by atoms with Crippen molar-refractivity contribution < 1.29 is 17.9 Å². The predicted octanol–water partition coefficient (Wildman–Crippen LogP) is -0.162. The predicted molar refractivity (Wildman–Crippen MR) is 74.2 cm³/mol. The van der Waals surface area contributed by atoms with Gasteiger partial charge in [-0.15, -0.1) is 0 Å². The van der Waals surface area contributed by atoms with E-state index in [0.29, 0.717) is 5.56 Å². The molecule has 3 N–H and O–H groups in total. The van der Waals surface area contributed by atoms with Crippen molar-refractivity contribution in [1.82, 2.24) is 4.72 Å². The lowest BCUT2D eigenvalue weighted by Crippen LogP contribution is -2.26. The fourth-order valence-corrected chi connectivity index (χ4v) is 2.38. The normalized spacial score (nSPS) is 10.5. The number of rotatable bonds is 5. The summed E-state index contributed by atoms with van der Waals surface area (Å²) in [5.41, 5.74) is 5.93. The van der Waals surface area contributed by atoms with Crippen LogP contribution in [0.1, 0.15) is 12.0 Å². The monoisotopic (exact) mass is 296 g/mol. The summed E-state index contributed by atoms with van der Waals surface area (Å²) in [6.07, 6.45) is -0.0181. The van der Waals surface area contributed by atoms with Gasteiger partial charge >= 0.3 is 5.97 Å². The lowest BCUT2D eigenvalue weighted by Gasteiger charge is -2.06. The summed E-state index contributed by atoms with van der Waals surface area (Å²) in [5.74, 6) is 5.00. The Hall–Kier alpha value is -1.88. The Bertz CT molecular complexity index is 612. The third kappa shape index (κ3) is 5.01. The van der Waals surface area contributed by atoms with E-state index in [4.69, 9.17) is 5.73 Å². The fourth-order valence-electron chi connectivity index (χ4n) is 1.34. The van der Waals surface area contributed by atoms with Crippen molar-refractivity contribution in [3.05, 3.63) is 29.8 Å². The van der Waals surface area contributed by atoms with E-state index in [-0.39, 0.29) is 24.4 Å². The molecule has 0 aliphatic heterocycles. The highest BCUT2D eigenvalue weighted by atomic mass is 32.2. The van der Waals surface area contributed by atoms with Crippen molar-refractivity contribution in [2.24, 2.45) is 5.73 Å². The lowest BCUT2D eigenvalue weighted by molar-refractivity contribution is -0.140. The molecule has 0 radical (unpaired) electrons. The molecule has 0 aromatic heterocycles. The van der Waals surface area contributed by atoms with Crippen LogP contribution in [0, 0.1) is 11.8 Å². The second-order valence-electron chi connectivity index (χ2n) is 3.75. The number of sulfonamides is 1. The summed E-state index contributed by atoms with van der Waals surface area (Å²) in [4.78, 5) is 11.0. The van der Waals surface area contributed by atoms with Gasteiger partial charge in [-0.3, -0.25) is 4.79 Å². The largest absolute Gasteiger partial charge is 0.469 e. The molecule has 108 valence electrons. The first-order chi connectivity index (χ1) is 9.49. The van der Waals surface area contributed by atoms with E-state index < -0.39 is 16.0 Å². The van der Waals surface area contributed by atoms with Crippen LogP contribution in [0.2, 0.25) is 0 Å². The topological polar surface area (TPSA) is 98.5 Å². The molecule has 0 saturated carbocycles. The van der Waals surface area contributed by atoms with E-state index in [1.807, 2.05) is 0 Å². The average molecular weight is 296 g/mol. The molecule has 0 amide bonds. The SMILES string of the molecule is COC(=O)CCNS(=O)(=O)c1ccc(C#CCN)cc1. The Labute approximate surface area is 118 Å². The first kappa shape index (κ1) is 16.2. The van der Waals surface area contributed by atoms with Crippen LogP contribution in [0.3, 0.4) is 0 Å². The summed E-state index contributed by atoms with van der Waals surface area (Å²) in [6.45, 7) is 0.235. The van der Waals surface area contributed by atoms with E-state index in [1.165, 1.54) is 19.2 Å². The molecule has 0 aliphatic carbocycles. The quantitative estimate of drug-likeness (QED) is 0.581. The smallest absolute Gasteiger partial charge is 0.306 e. The number of hydrogen-bond donors (Lipinski definition) is 2. The van der Waals surface area contributed by atoms with Gasteiger partial charge in [-0.05, 0) is 24.3 Å². The van der Waals surface area contributed by atoms with Crippen molar-refractivity contribution in [1.29, 1.82) is 0 Å². The maximum Gasteiger partial charge on any atom is 0.306 e. The molecule has 0 bridgehead atoms. The third-order valence-corrected chi connectivity index (χ3v) is 3.83. The summed E-state index contributed by atoms with van der Waals surface area (Å²) < 4.78 is 30.6. The number of carbonyl (C=O) groups is 1. The van der Waals surface area contributed by atoms with Crippen molar-refractivity contribution >= 4 is 16.0 Å². The zero-order chi connectivity index (χ0) is 15.0. The molecule has 6 nitrogen and oxygen atoms in total. The molecule has 0 saturated heterocycles.